The number of hydrogen-bond donors (Lipinski definition) is 1. The highest BCUT2D eigenvalue weighted by atomic mass is 35.5. The molecule has 1 heterocycles. The molecule has 3 aromatic rings. The van der Waals surface area contributed by atoms with Crippen molar-refractivity contribution in [3.8, 4) is 11.4 Å². The highest BCUT2D eigenvalue weighted by Crippen LogP contribution is 2.27. The van der Waals surface area contributed by atoms with Crippen LogP contribution in [0.15, 0.2) is 55.1 Å². The van der Waals surface area contributed by atoms with Crippen LogP contribution in [0.1, 0.15) is 10.4 Å². The molecule has 0 saturated carbocycles. The number of carbonyl (C=O) groups is 1. The second-order valence-corrected chi connectivity index (χ2v) is 5.10. The molecule has 4 nitrogen and oxygen atoms in total. The summed E-state index contributed by atoms with van der Waals surface area (Å²) >= 11 is 6.23. The number of aromatic amines is 1. The topological polar surface area (TPSA) is 55.0 Å². The molecule has 0 aliphatic rings. The maximum absolute atomic E-state index is 11.9. The summed E-state index contributed by atoms with van der Waals surface area (Å²) in [6.07, 6.45) is 1.52. The van der Waals surface area contributed by atoms with Crippen molar-refractivity contribution in [2.24, 2.45) is 0 Å². The largest absolute Gasteiger partial charge is 0.458 e. The van der Waals surface area contributed by atoms with Crippen LogP contribution < -0.4 is 0 Å². The first-order valence-electron chi connectivity index (χ1n) is 6.71. The molecule has 0 bridgehead atoms. The number of imidazole rings is 1. The average molecular weight is 313 g/mol. The van der Waals surface area contributed by atoms with E-state index in [-0.39, 0.29) is 6.61 Å². The molecule has 22 heavy (non-hydrogen) atoms. The van der Waals surface area contributed by atoms with Gasteiger partial charge in [-0.25, -0.2) is 9.78 Å². The Bertz CT molecular complexity index is 840. The fourth-order valence-corrected chi connectivity index (χ4v) is 2.41. The summed E-state index contributed by atoms with van der Waals surface area (Å²) in [5, 5.41) is 0.404. The van der Waals surface area contributed by atoms with Gasteiger partial charge in [0, 0.05) is 5.56 Å². The van der Waals surface area contributed by atoms with Crippen LogP contribution in [0.2, 0.25) is 5.02 Å². The van der Waals surface area contributed by atoms with Crippen LogP contribution in [0.4, 0.5) is 0 Å². The van der Waals surface area contributed by atoms with Crippen molar-refractivity contribution in [3.63, 3.8) is 0 Å². The van der Waals surface area contributed by atoms with Crippen molar-refractivity contribution >= 4 is 28.6 Å². The molecule has 0 radical (unpaired) electrons. The van der Waals surface area contributed by atoms with E-state index in [1.807, 2.05) is 30.3 Å². The molecule has 0 saturated heterocycles. The van der Waals surface area contributed by atoms with Gasteiger partial charge >= 0.3 is 5.97 Å². The van der Waals surface area contributed by atoms with Crippen LogP contribution in [0, 0.1) is 0 Å². The normalized spacial score (nSPS) is 10.6. The molecule has 0 atom stereocenters. The number of esters is 1. The Kier molecular flexibility index (Phi) is 3.94. The third-order valence-corrected chi connectivity index (χ3v) is 3.44. The maximum atomic E-state index is 11.9. The van der Waals surface area contributed by atoms with E-state index in [1.54, 1.807) is 12.1 Å². The lowest BCUT2D eigenvalue weighted by molar-refractivity contribution is 0.0550. The highest BCUT2D eigenvalue weighted by Gasteiger charge is 2.14. The predicted molar refractivity (Wildman–Crippen MR) is 87.0 cm³/mol. The smallest absolute Gasteiger partial charge is 0.338 e. The Balaban J connectivity index is 2.03. The predicted octanol–water partition coefficient (Wildman–Crippen LogP) is 4.23. The number of nitrogens with zero attached hydrogens (tertiary/aromatic N) is 1. The van der Waals surface area contributed by atoms with Crippen LogP contribution in [0.25, 0.3) is 22.4 Å². The van der Waals surface area contributed by atoms with Crippen LogP contribution in [0.3, 0.4) is 0 Å². The second-order valence-electron chi connectivity index (χ2n) is 4.69. The van der Waals surface area contributed by atoms with Gasteiger partial charge in [-0.05, 0) is 12.1 Å². The number of aromatic nitrogens is 2. The number of hydrogen-bond acceptors (Lipinski definition) is 3. The fourth-order valence-electron chi connectivity index (χ4n) is 2.14. The van der Waals surface area contributed by atoms with E-state index in [0.29, 0.717) is 27.4 Å². The highest BCUT2D eigenvalue weighted by molar-refractivity contribution is 6.35. The van der Waals surface area contributed by atoms with Gasteiger partial charge in [0.25, 0.3) is 0 Å². The first-order chi connectivity index (χ1) is 10.7. The van der Waals surface area contributed by atoms with Crippen LogP contribution in [-0.4, -0.2) is 22.5 Å². The van der Waals surface area contributed by atoms with Gasteiger partial charge in [0.1, 0.15) is 17.9 Å². The number of H-pyrrole nitrogens is 1. The standard InChI is InChI=1S/C17H13ClN2O2/c1-2-8-22-17(21)12-9-13(18)15-14(10-12)19-16(20-15)11-6-4-3-5-7-11/h2-7,9-10H,1,8H2,(H,19,20). The van der Waals surface area contributed by atoms with Gasteiger partial charge in [0.2, 0.25) is 0 Å². The van der Waals surface area contributed by atoms with Gasteiger partial charge in [-0.2, -0.15) is 0 Å². The van der Waals surface area contributed by atoms with E-state index >= 15 is 0 Å². The summed E-state index contributed by atoms with van der Waals surface area (Å²) in [7, 11) is 0. The lowest BCUT2D eigenvalue weighted by Crippen LogP contribution is -2.04. The van der Waals surface area contributed by atoms with Crippen molar-refractivity contribution in [1.29, 1.82) is 0 Å². The zero-order valence-corrected chi connectivity index (χ0v) is 12.4. The number of carbonyl (C=O) groups excluding carboxylic acids is 1. The Morgan fingerprint density at radius 1 is 1.32 bits per heavy atom. The number of fused-ring (bicyclic) bond motifs is 1. The molecule has 5 heteroatoms. The lowest BCUT2D eigenvalue weighted by Gasteiger charge is -2.02. The number of nitrogens with one attached hydrogen (secondary N) is 1. The summed E-state index contributed by atoms with van der Waals surface area (Å²) in [5.41, 5.74) is 2.64. The molecule has 110 valence electrons. The molecular weight excluding hydrogens is 300 g/mol. The Morgan fingerprint density at radius 3 is 2.82 bits per heavy atom. The number of benzene rings is 2. The third-order valence-electron chi connectivity index (χ3n) is 3.16. The molecule has 0 fully saturated rings. The van der Waals surface area contributed by atoms with E-state index in [4.69, 9.17) is 16.3 Å². The summed E-state index contributed by atoms with van der Waals surface area (Å²) in [5.74, 6) is 0.258. The Hall–Kier alpha value is -2.59. The molecule has 0 spiro atoms. The monoisotopic (exact) mass is 312 g/mol. The summed E-state index contributed by atoms with van der Waals surface area (Å²) < 4.78 is 5.02. The third kappa shape index (κ3) is 2.73. The molecule has 2 aromatic carbocycles. The first kappa shape index (κ1) is 14.4. The van der Waals surface area contributed by atoms with Crippen molar-refractivity contribution in [1.82, 2.24) is 9.97 Å². The summed E-state index contributed by atoms with van der Waals surface area (Å²) in [6.45, 7) is 3.67. The Labute approximate surface area is 132 Å². The van der Waals surface area contributed by atoms with Crippen molar-refractivity contribution in [2.75, 3.05) is 6.61 Å². The minimum absolute atomic E-state index is 0.159. The van der Waals surface area contributed by atoms with E-state index in [9.17, 15) is 4.79 Å². The minimum Gasteiger partial charge on any atom is -0.458 e. The molecular formula is C17H13ClN2O2. The van der Waals surface area contributed by atoms with Crippen LogP contribution >= 0.6 is 11.6 Å². The van der Waals surface area contributed by atoms with E-state index in [2.05, 4.69) is 16.5 Å². The lowest BCUT2D eigenvalue weighted by atomic mass is 10.2. The van der Waals surface area contributed by atoms with Crippen molar-refractivity contribution < 1.29 is 9.53 Å². The zero-order chi connectivity index (χ0) is 15.5. The second kappa shape index (κ2) is 6.03. The number of halogens is 1. The average Bonchev–Trinajstić information content (AvgIpc) is 2.98. The first-order valence-corrected chi connectivity index (χ1v) is 7.09. The van der Waals surface area contributed by atoms with E-state index < -0.39 is 5.97 Å². The SMILES string of the molecule is C=CCOC(=O)c1cc(Cl)c2nc(-c3ccccc3)[nH]c2c1. The quantitative estimate of drug-likeness (QED) is 0.579. The van der Waals surface area contributed by atoms with Gasteiger partial charge in [-0.15, -0.1) is 0 Å². The number of rotatable bonds is 4. The summed E-state index contributed by atoms with van der Waals surface area (Å²) in [6, 6.07) is 12.9. The molecule has 0 aliphatic heterocycles. The summed E-state index contributed by atoms with van der Waals surface area (Å²) in [4.78, 5) is 19.6. The van der Waals surface area contributed by atoms with E-state index in [1.165, 1.54) is 6.08 Å². The van der Waals surface area contributed by atoms with Crippen molar-refractivity contribution in [3.05, 3.63) is 65.7 Å². The molecule has 0 unspecified atom stereocenters. The maximum Gasteiger partial charge on any atom is 0.338 e. The minimum atomic E-state index is -0.445. The van der Waals surface area contributed by atoms with Gasteiger partial charge < -0.3 is 9.72 Å². The number of ether oxygens (including phenoxy) is 1. The zero-order valence-electron chi connectivity index (χ0n) is 11.7. The van der Waals surface area contributed by atoms with E-state index in [0.717, 1.165) is 5.56 Å². The molecule has 1 N–H and O–H groups in total. The Morgan fingerprint density at radius 2 is 2.09 bits per heavy atom. The van der Waals surface area contributed by atoms with Crippen molar-refractivity contribution in [2.45, 2.75) is 0 Å². The van der Waals surface area contributed by atoms with Crippen LogP contribution in [0.5, 0.6) is 0 Å². The molecule has 0 amide bonds. The van der Waals surface area contributed by atoms with Gasteiger partial charge in [0.15, 0.2) is 0 Å². The van der Waals surface area contributed by atoms with Gasteiger partial charge in [-0.1, -0.05) is 54.6 Å². The van der Waals surface area contributed by atoms with Gasteiger partial charge in [0.05, 0.1) is 16.1 Å². The molecule has 3 rings (SSSR count). The molecule has 0 aliphatic carbocycles. The van der Waals surface area contributed by atoms with Crippen LogP contribution in [-0.2, 0) is 4.74 Å². The fraction of sp³-hybridized carbons (Fsp3) is 0.0588. The van der Waals surface area contributed by atoms with Gasteiger partial charge in [-0.3, -0.25) is 0 Å². The molecule has 1 aromatic heterocycles.